The van der Waals surface area contributed by atoms with Crippen molar-refractivity contribution >= 4 is 28.8 Å². The largest absolute Gasteiger partial charge is 0.459 e. The van der Waals surface area contributed by atoms with E-state index in [9.17, 15) is 14.4 Å². The van der Waals surface area contributed by atoms with Gasteiger partial charge in [-0.15, -0.1) is 0 Å². The molecule has 5 rings (SSSR count). The number of anilines is 1. The number of aromatic nitrogens is 3. The van der Waals surface area contributed by atoms with Crippen molar-refractivity contribution in [2.24, 2.45) is 13.0 Å². The number of aryl methyl sites for hydroxylation is 1. The summed E-state index contributed by atoms with van der Waals surface area (Å²) in [6.07, 6.45) is 4.70. The highest BCUT2D eigenvalue weighted by molar-refractivity contribution is 5.91. The third-order valence-corrected chi connectivity index (χ3v) is 6.49. The van der Waals surface area contributed by atoms with Gasteiger partial charge in [-0.25, -0.2) is 9.97 Å². The van der Waals surface area contributed by atoms with E-state index in [1.165, 1.54) is 10.8 Å². The highest BCUT2D eigenvalue weighted by Crippen LogP contribution is 2.23. The lowest BCUT2D eigenvalue weighted by Crippen LogP contribution is -2.54. The van der Waals surface area contributed by atoms with Crippen molar-refractivity contribution in [1.29, 1.82) is 0 Å². The first-order chi connectivity index (χ1) is 16.0. The average molecular weight is 450 g/mol. The third kappa shape index (κ3) is 3.96. The van der Waals surface area contributed by atoms with Gasteiger partial charge in [0.15, 0.2) is 17.2 Å². The van der Waals surface area contributed by atoms with Crippen LogP contribution in [-0.2, 0) is 11.8 Å². The van der Waals surface area contributed by atoms with Crippen LogP contribution in [0, 0.1) is 5.92 Å². The van der Waals surface area contributed by atoms with E-state index in [1.807, 2.05) is 15.9 Å². The van der Waals surface area contributed by atoms with E-state index in [0.29, 0.717) is 62.0 Å². The highest BCUT2D eigenvalue weighted by Gasteiger charge is 2.33. The molecule has 0 unspecified atom stereocenters. The highest BCUT2D eigenvalue weighted by atomic mass is 16.3. The average Bonchev–Trinajstić information content (AvgIpc) is 3.41. The van der Waals surface area contributed by atoms with Gasteiger partial charge in [-0.1, -0.05) is 0 Å². The number of carbonyl (C=O) groups excluding carboxylic acids is 2. The first-order valence-electron chi connectivity index (χ1n) is 11.2. The van der Waals surface area contributed by atoms with E-state index in [-0.39, 0.29) is 23.3 Å². The molecule has 0 spiro atoms. The van der Waals surface area contributed by atoms with Gasteiger partial charge in [0.1, 0.15) is 5.52 Å². The Morgan fingerprint density at radius 2 is 1.85 bits per heavy atom. The molecule has 0 aromatic carbocycles. The molecule has 10 nitrogen and oxygen atoms in total. The quantitative estimate of drug-likeness (QED) is 0.589. The van der Waals surface area contributed by atoms with Crippen molar-refractivity contribution in [2.75, 3.05) is 44.2 Å². The Morgan fingerprint density at radius 1 is 1.06 bits per heavy atom. The number of amides is 2. The summed E-state index contributed by atoms with van der Waals surface area (Å²) in [6.45, 7) is 3.07. The number of hydrogen-bond donors (Lipinski definition) is 0. The molecular weight excluding hydrogens is 424 g/mol. The van der Waals surface area contributed by atoms with Gasteiger partial charge in [0.05, 0.1) is 12.2 Å². The van der Waals surface area contributed by atoms with Gasteiger partial charge in [0.25, 0.3) is 11.5 Å². The second-order valence-corrected chi connectivity index (χ2v) is 8.53. The molecule has 2 aliphatic rings. The summed E-state index contributed by atoms with van der Waals surface area (Å²) in [5.41, 5.74) is 0.984. The second kappa shape index (κ2) is 8.68. The summed E-state index contributed by atoms with van der Waals surface area (Å²) in [5, 5.41) is 0. The number of piperazine rings is 1. The molecule has 0 saturated carbocycles. The molecule has 3 aromatic heterocycles. The Kier molecular flexibility index (Phi) is 5.57. The number of hydrogen-bond acceptors (Lipinski definition) is 7. The molecule has 3 aromatic rings. The smallest absolute Gasteiger partial charge is 0.294 e. The summed E-state index contributed by atoms with van der Waals surface area (Å²) in [4.78, 5) is 53.0. The SMILES string of the molecule is Cn1c(=O)c(N2CCC[C@H](C(=O)N3CCN(C(=O)c4ccco4)CC3)C2)nc2cccnc21. The lowest BCUT2D eigenvalue weighted by Gasteiger charge is -2.39. The van der Waals surface area contributed by atoms with E-state index in [2.05, 4.69) is 9.97 Å². The van der Waals surface area contributed by atoms with E-state index in [0.717, 1.165) is 12.8 Å². The van der Waals surface area contributed by atoms with Gasteiger partial charge < -0.3 is 19.1 Å². The molecule has 0 N–H and O–H groups in total. The molecule has 0 aliphatic carbocycles. The molecule has 172 valence electrons. The van der Waals surface area contributed by atoms with Crippen molar-refractivity contribution in [3.63, 3.8) is 0 Å². The van der Waals surface area contributed by atoms with E-state index in [4.69, 9.17) is 4.42 Å². The Hall–Kier alpha value is -3.69. The predicted molar refractivity (Wildman–Crippen MR) is 121 cm³/mol. The summed E-state index contributed by atoms with van der Waals surface area (Å²) < 4.78 is 6.71. The number of carbonyl (C=O) groups is 2. The Morgan fingerprint density at radius 3 is 2.61 bits per heavy atom. The molecule has 0 bridgehead atoms. The van der Waals surface area contributed by atoms with Crippen LogP contribution in [0.2, 0.25) is 0 Å². The zero-order chi connectivity index (χ0) is 22.9. The van der Waals surface area contributed by atoms with Crippen molar-refractivity contribution < 1.29 is 14.0 Å². The minimum Gasteiger partial charge on any atom is -0.459 e. The van der Waals surface area contributed by atoms with Gasteiger partial charge >= 0.3 is 0 Å². The molecule has 1 atom stereocenters. The van der Waals surface area contributed by atoms with Gasteiger partial charge in [0, 0.05) is 52.5 Å². The van der Waals surface area contributed by atoms with Crippen LogP contribution in [0.5, 0.6) is 0 Å². The van der Waals surface area contributed by atoms with Crippen LogP contribution in [0.15, 0.2) is 45.9 Å². The zero-order valence-electron chi connectivity index (χ0n) is 18.5. The topological polar surface area (TPSA) is 105 Å². The standard InChI is InChI=1S/C23H26N6O4/c1-26-19-17(6-2-8-24-19)25-20(23(26)32)29-9-3-5-16(15-29)21(30)27-10-12-28(13-11-27)22(31)18-7-4-14-33-18/h2,4,6-8,14,16H,3,5,9-13,15H2,1H3/t16-/m0/s1. The Labute approximate surface area is 190 Å². The van der Waals surface area contributed by atoms with Gasteiger partial charge in [0.2, 0.25) is 5.91 Å². The zero-order valence-corrected chi connectivity index (χ0v) is 18.5. The third-order valence-electron chi connectivity index (χ3n) is 6.49. The number of rotatable bonds is 3. The summed E-state index contributed by atoms with van der Waals surface area (Å²) in [6, 6.07) is 6.97. The van der Waals surface area contributed by atoms with Crippen molar-refractivity contribution in [1.82, 2.24) is 24.3 Å². The normalized spacial score (nSPS) is 19.2. The number of piperidine rings is 1. The predicted octanol–water partition coefficient (Wildman–Crippen LogP) is 1.12. The monoisotopic (exact) mass is 450 g/mol. The number of pyridine rings is 1. The first-order valence-corrected chi connectivity index (χ1v) is 11.2. The van der Waals surface area contributed by atoms with Gasteiger partial charge in [-0.05, 0) is 37.1 Å². The molecule has 33 heavy (non-hydrogen) atoms. The van der Waals surface area contributed by atoms with Crippen LogP contribution < -0.4 is 10.5 Å². The molecule has 10 heteroatoms. The molecule has 5 heterocycles. The fourth-order valence-corrected chi connectivity index (χ4v) is 4.66. The maximum absolute atomic E-state index is 13.3. The van der Waals surface area contributed by atoms with Crippen LogP contribution in [0.3, 0.4) is 0 Å². The van der Waals surface area contributed by atoms with Gasteiger partial charge in [-0.2, -0.15) is 0 Å². The molecule has 2 amide bonds. The molecule has 2 fully saturated rings. The fourth-order valence-electron chi connectivity index (χ4n) is 4.66. The summed E-state index contributed by atoms with van der Waals surface area (Å²) >= 11 is 0. The minimum absolute atomic E-state index is 0.0732. The number of furan rings is 1. The lowest BCUT2D eigenvalue weighted by molar-refractivity contribution is -0.137. The van der Waals surface area contributed by atoms with Crippen LogP contribution in [-0.4, -0.2) is 75.4 Å². The Bertz CT molecular complexity index is 1230. The summed E-state index contributed by atoms with van der Waals surface area (Å²) in [7, 11) is 1.69. The minimum atomic E-state index is -0.209. The van der Waals surface area contributed by atoms with Crippen molar-refractivity contribution in [3.8, 4) is 0 Å². The molecule has 2 aliphatic heterocycles. The van der Waals surface area contributed by atoms with E-state index >= 15 is 0 Å². The van der Waals surface area contributed by atoms with Crippen molar-refractivity contribution in [2.45, 2.75) is 12.8 Å². The number of fused-ring (bicyclic) bond motifs is 1. The lowest BCUT2D eigenvalue weighted by atomic mass is 9.96. The van der Waals surface area contributed by atoms with Crippen LogP contribution in [0.1, 0.15) is 23.4 Å². The number of nitrogens with zero attached hydrogens (tertiary/aromatic N) is 6. The van der Waals surface area contributed by atoms with Crippen LogP contribution in [0.25, 0.3) is 11.2 Å². The van der Waals surface area contributed by atoms with E-state index in [1.54, 1.807) is 36.3 Å². The maximum atomic E-state index is 13.3. The van der Waals surface area contributed by atoms with E-state index < -0.39 is 0 Å². The van der Waals surface area contributed by atoms with Crippen LogP contribution in [0.4, 0.5) is 5.82 Å². The molecular formula is C23H26N6O4. The Balaban J connectivity index is 1.26. The first kappa shape index (κ1) is 21.2. The summed E-state index contributed by atoms with van der Waals surface area (Å²) in [5.74, 6) is 0.400. The molecule has 0 radical (unpaired) electrons. The fraction of sp³-hybridized carbons (Fsp3) is 0.435. The maximum Gasteiger partial charge on any atom is 0.294 e. The second-order valence-electron chi connectivity index (χ2n) is 8.53. The van der Waals surface area contributed by atoms with Gasteiger partial charge in [-0.3, -0.25) is 19.0 Å². The van der Waals surface area contributed by atoms with Crippen molar-refractivity contribution in [3.05, 3.63) is 52.8 Å². The molecule has 2 saturated heterocycles. The van der Waals surface area contributed by atoms with Crippen LogP contribution >= 0.6 is 0 Å².